The van der Waals surface area contributed by atoms with Crippen LogP contribution in [0.3, 0.4) is 0 Å². The summed E-state index contributed by atoms with van der Waals surface area (Å²) in [6.07, 6.45) is 6.94. The molecule has 3 aromatic rings. The molecule has 4 rings (SSSR count). The molecule has 3 nitrogen and oxygen atoms in total. The van der Waals surface area contributed by atoms with E-state index in [1.807, 2.05) is 0 Å². The van der Waals surface area contributed by atoms with Crippen molar-refractivity contribution < 1.29 is 4.79 Å². The van der Waals surface area contributed by atoms with Crippen molar-refractivity contribution in [1.29, 1.82) is 0 Å². The van der Waals surface area contributed by atoms with Gasteiger partial charge in [0.15, 0.2) is 0 Å². The summed E-state index contributed by atoms with van der Waals surface area (Å²) in [6, 6.07) is 17.4. The highest BCUT2D eigenvalue weighted by Gasteiger charge is 2.18. The normalized spacial score (nSPS) is 14.7. The zero-order chi connectivity index (χ0) is 18.6. The van der Waals surface area contributed by atoms with Crippen molar-refractivity contribution in [2.45, 2.75) is 50.1 Å². The third-order valence-corrected chi connectivity index (χ3v) is 6.48. The van der Waals surface area contributed by atoms with Crippen molar-refractivity contribution in [1.82, 2.24) is 9.88 Å². The van der Waals surface area contributed by atoms with Crippen LogP contribution in [-0.2, 0) is 11.3 Å². The topological polar surface area (TPSA) is 34.0 Å². The lowest BCUT2D eigenvalue weighted by atomic mass is 10.1. The predicted molar refractivity (Wildman–Crippen MR) is 113 cm³/mol. The molecule has 0 atom stereocenters. The lowest BCUT2D eigenvalue weighted by Gasteiger charge is -2.11. The van der Waals surface area contributed by atoms with Gasteiger partial charge in [-0.15, -0.1) is 11.8 Å². The number of hydrogen-bond donors (Lipinski definition) is 1. The molecule has 1 saturated carbocycles. The molecular weight excluding hydrogens is 352 g/mol. The summed E-state index contributed by atoms with van der Waals surface area (Å²) >= 11 is 1.64. The van der Waals surface area contributed by atoms with Gasteiger partial charge in [-0.2, -0.15) is 0 Å². The molecule has 0 radical (unpaired) electrons. The van der Waals surface area contributed by atoms with E-state index in [9.17, 15) is 4.79 Å². The number of nitrogens with one attached hydrogen (secondary N) is 1. The molecule has 0 unspecified atom stereocenters. The van der Waals surface area contributed by atoms with Crippen LogP contribution in [0.15, 0.2) is 59.6 Å². The van der Waals surface area contributed by atoms with Gasteiger partial charge in [0.05, 0.1) is 5.75 Å². The maximum Gasteiger partial charge on any atom is 0.230 e. The van der Waals surface area contributed by atoms with Crippen molar-refractivity contribution >= 4 is 28.6 Å². The summed E-state index contributed by atoms with van der Waals surface area (Å²) in [6.45, 7) is 3.01. The van der Waals surface area contributed by atoms with Gasteiger partial charge in [-0.1, -0.05) is 55.3 Å². The zero-order valence-electron chi connectivity index (χ0n) is 15.8. The van der Waals surface area contributed by atoms with Crippen LogP contribution in [0.25, 0.3) is 10.9 Å². The van der Waals surface area contributed by atoms with Crippen LogP contribution >= 0.6 is 11.8 Å². The number of fused-ring (bicyclic) bond motifs is 1. The Balaban J connectivity index is 1.51. The van der Waals surface area contributed by atoms with E-state index in [-0.39, 0.29) is 5.91 Å². The number of amides is 1. The van der Waals surface area contributed by atoms with Gasteiger partial charge >= 0.3 is 0 Å². The Morgan fingerprint density at radius 2 is 1.85 bits per heavy atom. The molecule has 1 aliphatic carbocycles. The van der Waals surface area contributed by atoms with Crippen LogP contribution < -0.4 is 5.32 Å². The van der Waals surface area contributed by atoms with E-state index < -0.39 is 0 Å². The first-order valence-corrected chi connectivity index (χ1v) is 10.7. The number of thioether (sulfide) groups is 1. The van der Waals surface area contributed by atoms with Crippen LogP contribution in [-0.4, -0.2) is 22.3 Å². The minimum Gasteiger partial charge on any atom is -0.353 e. The second kappa shape index (κ2) is 8.22. The van der Waals surface area contributed by atoms with Crippen LogP contribution in [0, 0.1) is 6.92 Å². The Bertz CT molecular complexity index is 940. The SMILES string of the molecule is Cc1ccccc1Cn1cc(SCC(=O)NC2CCCC2)c2ccccc21. The largest absolute Gasteiger partial charge is 0.353 e. The van der Waals surface area contributed by atoms with Gasteiger partial charge in [-0.05, 0) is 37.0 Å². The number of benzene rings is 2. The summed E-state index contributed by atoms with van der Waals surface area (Å²) in [5, 5.41) is 4.41. The highest BCUT2D eigenvalue weighted by molar-refractivity contribution is 8.00. The number of nitrogens with zero attached hydrogens (tertiary/aromatic N) is 1. The molecule has 1 aromatic heterocycles. The number of carbonyl (C=O) groups excluding carboxylic acids is 1. The maximum atomic E-state index is 12.3. The molecule has 0 spiro atoms. The summed E-state index contributed by atoms with van der Waals surface area (Å²) in [5.41, 5.74) is 3.86. The average molecular weight is 379 g/mol. The zero-order valence-corrected chi connectivity index (χ0v) is 16.6. The van der Waals surface area contributed by atoms with E-state index >= 15 is 0 Å². The Morgan fingerprint density at radius 3 is 2.67 bits per heavy atom. The van der Waals surface area contributed by atoms with E-state index in [0.29, 0.717) is 11.8 Å². The molecule has 2 aromatic carbocycles. The Morgan fingerprint density at radius 1 is 1.11 bits per heavy atom. The molecule has 1 fully saturated rings. The lowest BCUT2D eigenvalue weighted by Crippen LogP contribution is -2.33. The van der Waals surface area contributed by atoms with E-state index in [2.05, 4.69) is 71.5 Å². The predicted octanol–water partition coefficient (Wildman–Crippen LogP) is 5.15. The number of aryl methyl sites for hydroxylation is 1. The summed E-state index contributed by atoms with van der Waals surface area (Å²) in [4.78, 5) is 13.5. The number of para-hydroxylation sites is 1. The lowest BCUT2D eigenvalue weighted by molar-refractivity contribution is -0.119. The molecule has 1 amide bonds. The summed E-state index contributed by atoms with van der Waals surface area (Å²) in [7, 11) is 0. The summed E-state index contributed by atoms with van der Waals surface area (Å²) < 4.78 is 2.30. The minimum atomic E-state index is 0.155. The molecular formula is C23H26N2OS. The first-order valence-electron chi connectivity index (χ1n) is 9.75. The van der Waals surface area contributed by atoms with E-state index in [1.54, 1.807) is 11.8 Å². The fourth-order valence-corrected chi connectivity index (χ4v) is 4.81. The second-order valence-corrected chi connectivity index (χ2v) is 8.42. The quantitative estimate of drug-likeness (QED) is 0.602. The number of aromatic nitrogens is 1. The number of carbonyl (C=O) groups is 1. The highest BCUT2D eigenvalue weighted by atomic mass is 32.2. The standard InChI is InChI=1S/C23H26N2OS/c1-17-8-2-3-9-18(17)14-25-15-22(20-12-6-7-13-21(20)25)27-16-23(26)24-19-10-4-5-11-19/h2-3,6-9,12-13,15,19H,4-5,10-11,14,16H2,1H3,(H,24,26). The third-order valence-electron chi connectivity index (χ3n) is 5.43. The molecule has 0 bridgehead atoms. The second-order valence-electron chi connectivity index (χ2n) is 7.40. The third kappa shape index (κ3) is 4.22. The van der Waals surface area contributed by atoms with Crippen molar-refractivity contribution in [2.24, 2.45) is 0 Å². The fourth-order valence-electron chi connectivity index (χ4n) is 3.91. The average Bonchev–Trinajstić information content (AvgIpc) is 3.30. The molecule has 0 aliphatic heterocycles. The Hall–Kier alpha value is -2.20. The minimum absolute atomic E-state index is 0.155. The molecule has 27 heavy (non-hydrogen) atoms. The van der Waals surface area contributed by atoms with E-state index in [0.717, 1.165) is 19.4 Å². The van der Waals surface area contributed by atoms with Gasteiger partial charge < -0.3 is 9.88 Å². The van der Waals surface area contributed by atoms with Crippen LogP contribution in [0.4, 0.5) is 0 Å². The highest BCUT2D eigenvalue weighted by Crippen LogP contribution is 2.31. The van der Waals surface area contributed by atoms with E-state index in [1.165, 1.54) is 39.8 Å². The van der Waals surface area contributed by atoms with Crippen LogP contribution in [0.5, 0.6) is 0 Å². The number of rotatable bonds is 6. The smallest absolute Gasteiger partial charge is 0.230 e. The monoisotopic (exact) mass is 378 g/mol. The van der Waals surface area contributed by atoms with E-state index in [4.69, 9.17) is 0 Å². The maximum absolute atomic E-state index is 12.3. The van der Waals surface area contributed by atoms with Gasteiger partial charge in [0, 0.05) is 34.6 Å². The first kappa shape index (κ1) is 18.2. The van der Waals surface area contributed by atoms with Crippen molar-refractivity contribution in [3.8, 4) is 0 Å². The summed E-state index contributed by atoms with van der Waals surface area (Å²) in [5.74, 6) is 0.636. The van der Waals surface area contributed by atoms with Crippen LogP contribution in [0.2, 0.25) is 0 Å². The fraction of sp³-hybridized carbons (Fsp3) is 0.348. The Labute approximate surface area is 165 Å². The Kier molecular flexibility index (Phi) is 5.53. The molecule has 140 valence electrons. The van der Waals surface area contributed by atoms with Gasteiger partial charge in [-0.25, -0.2) is 0 Å². The van der Waals surface area contributed by atoms with Crippen molar-refractivity contribution in [3.05, 3.63) is 65.9 Å². The van der Waals surface area contributed by atoms with Gasteiger partial charge in [0.1, 0.15) is 0 Å². The molecule has 0 saturated heterocycles. The van der Waals surface area contributed by atoms with Crippen molar-refractivity contribution in [2.75, 3.05) is 5.75 Å². The van der Waals surface area contributed by atoms with Gasteiger partial charge in [0.25, 0.3) is 0 Å². The first-order chi connectivity index (χ1) is 13.2. The molecule has 1 heterocycles. The molecule has 1 aliphatic rings. The van der Waals surface area contributed by atoms with Gasteiger partial charge in [0.2, 0.25) is 5.91 Å². The van der Waals surface area contributed by atoms with Crippen molar-refractivity contribution in [3.63, 3.8) is 0 Å². The van der Waals surface area contributed by atoms with Crippen LogP contribution in [0.1, 0.15) is 36.8 Å². The molecule has 1 N–H and O–H groups in total. The molecule has 4 heteroatoms. The van der Waals surface area contributed by atoms with Gasteiger partial charge in [-0.3, -0.25) is 4.79 Å². The number of hydrogen-bond acceptors (Lipinski definition) is 2.